The predicted molar refractivity (Wildman–Crippen MR) is 73.3 cm³/mol. The molecule has 0 radical (unpaired) electrons. The first-order valence-corrected chi connectivity index (χ1v) is 7.95. The van der Waals surface area contributed by atoms with Crippen LogP contribution in [0.3, 0.4) is 0 Å². The van der Waals surface area contributed by atoms with E-state index in [4.69, 9.17) is 20.4 Å². The minimum atomic E-state index is -1.18. The lowest BCUT2D eigenvalue weighted by atomic mass is 10.3. The summed E-state index contributed by atoms with van der Waals surface area (Å²) in [5.41, 5.74) is 0. The molecule has 0 aromatic heterocycles. The molecule has 0 aliphatic heterocycles. The van der Waals surface area contributed by atoms with Crippen LogP contribution in [0.15, 0.2) is 0 Å². The Morgan fingerprint density at radius 1 is 0.889 bits per heavy atom. The molecule has 0 bridgehead atoms. The van der Waals surface area contributed by atoms with Gasteiger partial charge in [-0.05, 0) is 36.9 Å². The zero-order valence-corrected chi connectivity index (χ0v) is 12.0. The van der Waals surface area contributed by atoms with E-state index in [2.05, 4.69) is 0 Å². The number of carbonyl (C=O) groups is 2. The Morgan fingerprint density at radius 3 is 1.33 bits per heavy atom. The fourth-order valence-corrected chi connectivity index (χ4v) is 1.62. The third kappa shape index (κ3) is 13.6. The number of aliphatic carboxylic acids is 2. The summed E-state index contributed by atoms with van der Waals surface area (Å²) in [4.78, 5) is 19.9. The van der Waals surface area contributed by atoms with E-state index in [-0.39, 0.29) is 0 Å². The smallest absolute Gasteiger partial charge is 0.332 e. The van der Waals surface area contributed by atoms with Gasteiger partial charge in [0.15, 0.2) is 12.2 Å². The van der Waals surface area contributed by atoms with Crippen LogP contribution in [0.4, 0.5) is 0 Å². The molecule has 6 nitrogen and oxygen atoms in total. The lowest BCUT2D eigenvalue weighted by Gasteiger charge is -2.01. The molecule has 18 heavy (non-hydrogen) atoms. The van der Waals surface area contributed by atoms with E-state index in [1.807, 2.05) is 12.5 Å². The van der Waals surface area contributed by atoms with E-state index in [1.54, 1.807) is 0 Å². The van der Waals surface area contributed by atoms with Crippen molar-refractivity contribution in [2.24, 2.45) is 0 Å². The quantitative estimate of drug-likeness (QED) is 0.508. The van der Waals surface area contributed by atoms with Gasteiger partial charge >= 0.3 is 11.9 Å². The fraction of sp³-hybridized carbons (Fsp3) is 0.800. The summed E-state index contributed by atoms with van der Waals surface area (Å²) in [5, 5.41) is 33.6. The van der Waals surface area contributed by atoms with Crippen LogP contribution in [-0.4, -0.2) is 68.6 Å². The van der Waals surface area contributed by atoms with E-state index in [0.717, 1.165) is 0 Å². The molecule has 2 atom stereocenters. The predicted octanol–water partition coefficient (Wildman–Crippen LogP) is 0.370. The van der Waals surface area contributed by atoms with Crippen molar-refractivity contribution in [3.63, 3.8) is 0 Å². The molecule has 0 aromatic rings. The first-order valence-electron chi connectivity index (χ1n) is 5.16. The molecule has 0 aliphatic rings. The molecule has 0 saturated heterocycles. The van der Waals surface area contributed by atoms with Gasteiger partial charge < -0.3 is 20.4 Å². The van der Waals surface area contributed by atoms with Crippen LogP contribution >= 0.6 is 23.5 Å². The zero-order valence-electron chi connectivity index (χ0n) is 10.4. The van der Waals surface area contributed by atoms with Crippen LogP contribution in [0.25, 0.3) is 0 Å². The molecular weight excluding hydrogens is 280 g/mol. The molecular formula is C10H20O6S2. The number of carboxylic acids is 2. The standard InChI is InChI=1S/2C5H10O3S/c2*1-9-3-2-4(6)5(7)8/h2*4,6H,2-3H2,1H3,(H,7,8). The van der Waals surface area contributed by atoms with E-state index < -0.39 is 24.1 Å². The average Bonchev–Trinajstić information content (AvgIpc) is 2.33. The van der Waals surface area contributed by atoms with Crippen molar-refractivity contribution < 1.29 is 30.0 Å². The van der Waals surface area contributed by atoms with Gasteiger partial charge in [0.1, 0.15) is 0 Å². The minimum Gasteiger partial charge on any atom is -0.479 e. The van der Waals surface area contributed by atoms with E-state index in [9.17, 15) is 9.59 Å². The second kappa shape index (κ2) is 13.0. The summed E-state index contributed by atoms with van der Waals surface area (Å²) < 4.78 is 0. The van der Waals surface area contributed by atoms with Crippen molar-refractivity contribution in [2.45, 2.75) is 25.0 Å². The number of hydrogen-bond acceptors (Lipinski definition) is 6. The van der Waals surface area contributed by atoms with Crippen molar-refractivity contribution in [2.75, 3.05) is 24.0 Å². The highest BCUT2D eigenvalue weighted by Crippen LogP contribution is 2.00. The number of hydrogen-bond donors (Lipinski definition) is 4. The second-order valence-corrected chi connectivity index (χ2v) is 5.24. The minimum absolute atomic E-state index is 0.330. The van der Waals surface area contributed by atoms with Gasteiger partial charge in [0.05, 0.1) is 0 Å². The fourth-order valence-electron chi connectivity index (χ4n) is 0.706. The van der Waals surface area contributed by atoms with Crippen LogP contribution in [0.2, 0.25) is 0 Å². The van der Waals surface area contributed by atoms with Crippen molar-refractivity contribution in [1.82, 2.24) is 0 Å². The highest BCUT2D eigenvalue weighted by atomic mass is 32.2. The van der Waals surface area contributed by atoms with Crippen LogP contribution in [0, 0.1) is 0 Å². The van der Waals surface area contributed by atoms with Crippen LogP contribution in [0.1, 0.15) is 12.8 Å². The Kier molecular flexibility index (Phi) is 14.4. The van der Waals surface area contributed by atoms with Crippen molar-refractivity contribution >= 4 is 35.5 Å². The molecule has 4 N–H and O–H groups in total. The Morgan fingerprint density at radius 2 is 1.17 bits per heavy atom. The third-order valence-corrected chi connectivity index (χ3v) is 3.05. The average molecular weight is 300 g/mol. The van der Waals surface area contributed by atoms with Gasteiger partial charge in [-0.25, -0.2) is 9.59 Å². The number of carboxylic acid groups (broad SMARTS) is 2. The maximum atomic E-state index is 9.95. The summed E-state index contributed by atoms with van der Waals surface area (Å²) in [6.45, 7) is 0. The molecule has 0 rings (SSSR count). The zero-order chi connectivity index (χ0) is 14.6. The molecule has 0 spiro atoms. The highest BCUT2D eigenvalue weighted by Gasteiger charge is 2.11. The Hall–Kier alpha value is -0.440. The van der Waals surface area contributed by atoms with Gasteiger partial charge in [-0.2, -0.15) is 23.5 Å². The molecule has 0 fully saturated rings. The number of rotatable bonds is 8. The summed E-state index contributed by atoms with van der Waals surface area (Å²) in [6, 6.07) is 0. The lowest BCUT2D eigenvalue weighted by molar-refractivity contribution is -0.147. The molecule has 0 aromatic carbocycles. The normalized spacial score (nSPS) is 13.1. The van der Waals surface area contributed by atoms with Gasteiger partial charge in [0, 0.05) is 0 Å². The molecule has 108 valence electrons. The van der Waals surface area contributed by atoms with E-state index >= 15 is 0 Å². The van der Waals surface area contributed by atoms with E-state index in [0.29, 0.717) is 24.3 Å². The highest BCUT2D eigenvalue weighted by molar-refractivity contribution is 7.98. The Bertz CT molecular complexity index is 212. The molecule has 8 heteroatoms. The molecule has 0 saturated carbocycles. The van der Waals surface area contributed by atoms with Crippen molar-refractivity contribution in [3.05, 3.63) is 0 Å². The van der Waals surface area contributed by atoms with Gasteiger partial charge in [-0.15, -0.1) is 0 Å². The molecule has 0 heterocycles. The van der Waals surface area contributed by atoms with Crippen LogP contribution in [-0.2, 0) is 9.59 Å². The van der Waals surface area contributed by atoms with Gasteiger partial charge in [0.25, 0.3) is 0 Å². The Balaban J connectivity index is 0. The summed E-state index contributed by atoms with van der Waals surface area (Å²) in [6.07, 6.45) is 2.03. The second-order valence-electron chi connectivity index (χ2n) is 3.27. The number of thioether (sulfide) groups is 2. The first kappa shape index (κ1) is 19.9. The summed E-state index contributed by atoms with van der Waals surface area (Å²) in [7, 11) is 0. The maximum Gasteiger partial charge on any atom is 0.332 e. The van der Waals surface area contributed by atoms with Crippen molar-refractivity contribution in [3.8, 4) is 0 Å². The monoisotopic (exact) mass is 300 g/mol. The van der Waals surface area contributed by atoms with Crippen LogP contribution in [0.5, 0.6) is 0 Å². The van der Waals surface area contributed by atoms with Gasteiger partial charge in [0.2, 0.25) is 0 Å². The topological polar surface area (TPSA) is 115 Å². The number of aliphatic hydroxyl groups is 2. The number of aliphatic hydroxyl groups excluding tert-OH is 2. The Labute approximate surface area is 115 Å². The van der Waals surface area contributed by atoms with Gasteiger partial charge in [-0.3, -0.25) is 0 Å². The lowest BCUT2D eigenvalue weighted by Crippen LogP contribution is -2.19. The summed E-state index contributed by atoms with van der Waals surface area (Å²) >= 11 is 3.05. The largest absolute Gasteiger partial charge is 0.479 e. The SMILES string of the molecule is CSCCC(O)C(=O)O.CSCCC(O)C(=O)O. The molecule has 0 amide bonds. The summed E-state index contributed by atoms with van der Waals surface area (Å²) in [5.74, 6) is -0.894. The van der Waals surface area contributed by atoms with Crippen molar-refractivity contribution in [1.29, 1.82) is 0 Å². The van der Waals surface area contributed by atoms with E-state index in [1.165, 1.54) is 23.5 Å². The van der Waals surface area contributed by atoms with Gasteiger partial charge in [-0.1, -0.05) is 0 Å². The first-order chi connectivity index (χ1) is 8.36. The molecule has 2 unspecified atom stereocenters. The maximum absolute atomic E-state index is 9.95. The van der Waals surface area contributed by atoms with Crippen LogP contribution < -0.4 is 0 Å². The molecule has 0 aliphatic carbocycles. The third-order valence-electron chi connectivity index (χ3n) is 1.76.